The molecule has 2 spiro atoms. The highest BCUT2D eigenvalue weighted by Crippen LogP contribution is 2.48. The Bertz CT molecular complexity index is 2480. The number of rotatable bonds is 5. The van der Waals surface area contributed by atoms with Crippen LogP contribution < -0.4 is 10.6 Å². The van der Waals surface area contributed by atoms with Gasteiger partial charge in [-0.05, 0) is 155 Å². The molecule has 2 saturated carbocycles. The Balaban J connectivity index is -0.000000331. The topological polar surface area (TPSA) is 140 Å². The molecule has 0 radical (unpaired) electrons. The normalized spacial score (nSPS) is 22.2. The summed E-state index contributed by atoms with van der Waals surface area (Å²) in [6, 6.07) is 7.18. The second kappa shape index (κ2) is 19.9. The molecular weight excluding hydrogens is 863 g/mol. The quantitative estimate of drug-likeness (QED) is 0.153. The van der Waals surface area contributed by atoms with Crippen LogP contribution in [0, 0.1) is 87.3 Å². The van der Waals surface area contributed by atoms with E-state index in [-0.39, 0.29) is 51.9 Å². The van der Waals surface area contributed by atoms with Gasteiger partial charge in [0.05, 0.1) is 16.6 Å². The van der Waals surface area contributed by atoms with E-state index in [2.05, 4.69) is 46.5 Å². The second-order valence-corrected chi connectivity index (χ2v) is 19.4. The van der Waals surface area contributed by atoms with E-state index in [0.29, 0.717) is 65.5 Å². The molecular formula is C50H69Cl3N2O8. The third kappa shape index (κ3) is 11.6. The number of aliphatic hydroxyl groups is 1. The average molecular weight is 932 g/mol. The molecule has 2 aromatic rings. The van der Waals surface area contributed by atoms with Gasteiger partial charge in [-0.25, -0.2) is 0 Å². The van der Waals surface area contributed by atoms with Crippen molar-refractivity contribution in [1.29, 1.82) is 0 Å². The first kappa shape index (κ1) is 50.2. The first-order valence-corrected chi connectivity index (χ1v) is 21.5. The zero-order chi connectivity index (χ0) is 47.2. The van der Waals surface area contributed by atoms with Crippen LogP contribution in [0.5, 0.6) is 0 Å². The summed E-state index contributed by atoms with van der Waals surface area (Å²) < 4.78 is 16.9. The molecule has 4 aliphatic rings. The molecule has 0 aromatic heterocycles. The Kier molecular flexibility index (Phi) is 15.9. The standard InChI is InChI=1S/C25H26ClNO4.C20H18ClNO3.C5H9ClO.8H2/c1-7-8-11-30-18-9-10-25(14-18)21(31-23(29)24(4,5)6)20(22(28)27-25)19-15(2)12-17(26)13-16(19)3;1-4-5-8-25-15-6-7-20(11-15)18(23)17(19(24)22-20)16-12(2)9-14(21)10-13(16)3;1-5(2,3)4(6)7;;;;;;;;/h1,12-13,18H,9-10,14H2,2-6H3,(H,27,28);1,9-10,15,23H,6-7,11H2,2-3H3,(H,22,24);1-3H3;8*1H. The van der Waals surface area contributed by atoms with Gasteiger partial charge in [0.25, 0.3) is 11.8 Å². The Morgan fingerprint density at radius 3 is 1.52 bits per heavy atom. The zero-order valence-electron chi connectivity index (χ0n) is 37.3. The summed E-state index contributed by atoms with van der Waals surface area (Å²) >= 11 is 17.4. The van der Waals surface area contributed by atoms with Gasteiger partial charge in [-0.2, -0.15) is 0 Å². The van der Waals surface area contributed by atoms with Gasteiger partial charge in [-0.15, -0.1) is 12.8 Å². The maximum absolute atomic E-state index is 13.2. The third-order valence-corrected chi connectivity index (χ3v) is 12.0. The van der Waals surface area contributed by atoms with Crippen LogP contribution in [-0.2, 0) is 33.4 Å². The number of ether oxygens (including phenoxy) is 3. The first-order chi connectivity index (χ1) is 29.3. The van der Waals surface area contributed by atoms with Gasteiger partial charge in [0.15, 0.2) is 0 Å². The van der Waals surface area contributed by atoms with E-state index in [1.165, 1.54) is 0 Å². The molecule has 13 heteroatoms. The van der Waals surface area contributed by atoms with Crippen LogP contribution in [-0.4, -0.2) is 51.4 Å². The Morgan fingerprint density at radius 2 is 1.11 bits per heavy atom. The number of hydrogen-bond donors (Lipinski definition) is 3. The van der Waals surface area contributed by atoms with Gasteiger partial charge in [-0.1, -0.05) is 44.0 Å². The molecule has 0 saturated heterocycles. The molecule has 4 unspecified atom stereocenters. The third-order valence-electron chi connectivity index (χ3n) is 11.0. The molecule has 63 heavy (non-hydrogen) atoms. The number of halogens is 3. The minimum atomic E-state index is -0.839. The van der Waals surface area contributed by atoms with Crippen molar-refractivity contribution in [2.45, 2.75) is 131 Å². The summed E-state index contributed by atoms with van der Waals surface area (Å²) in [6.45, 7) is 18.2. The largest absolute Gasteiger partial charge is 0.509 e. The van der Waals surface area contributed by atoms with Gasteiger partial charge < -0.3 is 30.0 Å². The summed E-state index contributed by atoms with van der Waals surface area (Å²) in [5, 5.41) is 17.9. The fourth-order valence-electron chi connectivity index (χ4n) is 7.96. The van der Waals surface area contributed by atoms with E-state index in [0.717, 1.165) is 33.4 Å². The molecule has 2 aliphatic heterocycles. The van der Waals surface area contributed by atoms with E-state index in [4.69, 9.17) is 61.9 Å². The van der Waals surface area contributed by atoms with Gasteiger partial charge >= 0.3 is 5.97 Å². The number of hydrogen-bond acceptors (Lipinski definition) is 8. The lowest BCUT2D eigenvalue weighted by molar-refractivity contribution is -0.149. The van der Waals surface area contributed by atoms with Crippen LogP contribution in [0.2, 0.25) is 10.0 Å². The molecule has 3 N–H and O–H groups in total. The molecule has 2 aliphatic carbocycles. The highest BCUT2D eigenvalue weighted by Gasteiger charge is 2.54. The molecule has 2 fully saturated rings. The number of aliphatic hydroxyl groups excluding tert-OH is 1. The van der Waals surface area contributed by atoms with Crippen molar-refractivity contribution < 1.29 is 49.9 Å². The Morgan fingerprint density at radius 1 is 0.730 bits per heavy atom. The van der Waals surface area contributed by atoms with Gasteiger partial charge in [0.2, 0.25) is 5.24 Å². The Labute approximate surface area is 398 Å². The van der Waals surface area contributed by atoms with E-state index in [1.54, 1.807) is 65.8 Å². The van der Waals surface area contributed by atoms with E-state index in [1.807, 2.05) is 27.7 Å². The molecule has 2 aromatic carbocycles. The summed E-state index contributed by atoms with van der Waals surface area (Å²) in [5.74, 6) is 8.71. The molecule has 348 valence electrons. The highest BCUT2D eigenvalue weighted by atomic mass is 35.5. The van der Waals surface area contributed by atoms with Crippen LogP contribution >= 0.6 is 34.8 Å². The van der Waals surface area contributed by atoms with Gasteiger partial charge in [-0.3, -0.25) is 19.2 Å². The molecule has 6 rings (SSSR count). The number of carbonyl (C=O) groups excluding carboxylic acids is 4. The van der Waals surface area contributed by atoms with Crippen LogP contribution in [0.3, 0.4) is 0 Å². The number of nitrogens with one attached hydrogen (secondary N) is 2. The van der Waals surface area contributed by atoms with Crippen LogP contribution in [0.1, 0.15) is 125 Å². The van der Waals surface area contributed by atoms with Crippen LogP contribution in [0.25, 0.3) is 11.1 Å². The number of carbonyl (C=O) groups is 4. The predicted octanol–water partition coefficient (Wildman–Crippen LogP) is 11.3. The minimum Gasteiger partial charge on any atom is -0.509 e. The summed E-state index contributed by atoms with van der Waals surface area (Å²) in [7, 11) is 0. The van der Waals surface area contributed by atoms with Crippen LogP contribution in [0.4, 0.5) is 0 Å². The van der Waals surface area contributed by atoms with Crippen molar-refractivity contribution in [3.8, 4) is 48.7 Å². The summed E-state index contributed by atoms with van der Waals surface area (Å²) in [6.07, 6.45) is 18.1. The van der Waals surface area contributed by atoms with Crippen molar-refractivity contribution in [1.82, 2.24) is 10.6 Å². The maximum Gasteiger partial charge on any atom is 0.316 e. The fourth-order valence-corrected chi connectivity index (χ4v) is 8.62. The number of amides is 2. The van der Waals surface area contributed by atoms with Gasteiger partial charge in [0, 0.05) is 51.6 Å². The van der Waals surface area contributed by atoms with Crippen molar-refractivity contribution >= 4 is 69.0 Å². The summed E-state index contributed by atoms with van der Waals surface area (Å²) in [4.78, 5) is 49.0. The molecule has 2 heterocycles. The van der Waals surface area contributed by atoms with Crippen molar-refractivity contribution in [3.05, 3.63) is 79.2 Å². The molecule has 10 nitrogen and oxygen atoms in total. The number of terminal acetylenes is 2. The van der Waals surface area contributed by atoms with E-state index < -0.39 is 22.5 Å². The van der Waals surface area contributed by atoms with E-state index >= 15 is 0 Å². The number of benzene rings is 2. The molecule has 2 amide bonds. The first-order valence-electron chi connectivity index (χ1n) is 20.3. The average Bonchev–Trinajstić information content (AvgIpc) is 3.89. The second-order valence-electron chi connectivity index (χ2n) is 18.2. The lowest BCUT2D eigenvalue weighted by Crippen LogP contribution is -2.44. The highest BCUT2D eigenvalue weighted by molar-refractivity contribution is 6.64. The maximum atomic E-state index is 13.2. The lowest BCUT2D eigenvalue weighted by Gasteiger charge is -2.28. The van der Waals surface area contributed by atoms with Crippen molar-refractivity contribution in [3.63, 3.8) is 0 Å². The monoisotopic (exact) mass is 930 g/mol. The number of esters is 1. The lowest BCUT2D eigenvalue weighted by atomic mass is 9.90. The van der Waals surface area contributed by atoms with Gasteiger partial charge in [0.1, 0.15) is 47.0 Å². The predicted molar refractivity (Wildman–Crippen MR) is 264 cm³/mol. The smallest absolute Gasteiger partial charge is 0.316 e. The number of aryl methyl sites for hydroxylation is 4. The molecule has 0 bridgehead atoms. The van der Waals surface area contributed by atoms with Crippen LogP contribution in [0.15, 0.2) is 35.8 Å². The van der Waals surface area contributed by atoms with Crippen molar-refractivity contribution in [2.75, 3.05) is 0 Å². The fraction of sp³-hybridized carbons (Fsp3) is 0.440. The van der Waals surface area contributed by atoms with E-state index in [9.17, 15) is 24.3 Å². The molecule has 4 atom stereocenters. The zero-order valence-corrected chi connectivity index (χ0v) is 39.6. The SMILES string of the molecule is C#CC#COC1CCC2(C1)NC(=O)C(c1c(C)cc(Cl)cc1C)=C2O.C#CC#COC1CCC2(C1)NC(=O)C(c1c(C)cc(Cl)cc1C)=C2OC(=O)C(C)(C)C.CC(C)(C)C(=O)Cl.[HH].[HH].[HH].[HH].[HH].[HH].[HH].[HH]. The minimum absolute atomic E-state index is 0. The summed E-state index contributed by atoms with van der Waals surface area (Å²) in [5.41, 5.74) is 2.78. The van der Waals surface area contributed by atoms with Crippen molar-refractivity contribution in [2.24, 2.45) is 10.8 Å². The Hall–Kier alpha value is -5.49.